The van der Waals surface area contributed by atoms with Crippen molar-refractivity contribution in [3.8, 4) is 0 Å². The average molecular weight is 351 g/mol. The lowest BCUT2D eigenvalue weighted by Gasteiger charge is -2.36. The Morgan fingerprint density at radius 2 is 2.08 bits per heavy atom. The Balaban J connectivity index is 1.81. The third-order valence-corrected chi connectivity index (χ3v) is 4.97. The summed E-state index contributed by atoms with van der Waals surface area (Å²) in [4.78, 5) is 27.8. The van der Waals surface area contributed by atoms with E-state index in [1.165, 1.54) is 0 Å². The fraction of sp³-hybridized carbons (Fsp3) is 0.750. The van der Waals surface area contributed by atoms with Gasteiger partial charge in [0.05, 0.1) is 24.1 Å². The summed E-state index contributed by atoms with van der Waals surface area (Å²) < 4.78 is 6.89. The van der Waals surface area contributed by atoms with Gasteiger partial charge in [-0.1, -0.05) is 6.92 Å². The predicted molar refractivity (Wildman–Crippen MR) is 91.6 cm³/mol. The van der Waals surface area contributed by atoms with Gasteiger partial charge in [0.1, 0.15) is 5.69 Å². The van der Waals surface area contributed by atoms with Gasteiger partial charge in [-0.15, -0.1) is 0 Å². The zero-order valence-corrected chi connectivity index (χ0v) is 14.8. The molecule has 1 aromatic rings. The number of ether oxygens (including phenoxy) is 1. The van der Waals surface area contributed by atoms with Crippen molar-refractivity contribution in [2.45, 2.75) is 26.2 Å². The number of piperidine rings is 1. The molecular formula is C16H25N5O4. The lowest BCUT2D eigenvalue weighted by molar-refractivity contribution is -0.384. The van der Waals surface area contributed by atoms with Crippen molar-refractivity contribution in [3.63, 3.8) is 0 Å². The fourth-order valence-corrected chi connectivity index (χ4v) is 3.75. The van der Waals surface area contributed by atoms with E-state index in [1.54, 1.807) is 11.7 Å². The van der Waals surface area contributed by atoms with Crippen LogP contribution in [0.5, 0.6) is 0 Å². The van der Waals surface area contributed by atoms with Crippen LogP contribution in [0.15, 0.2) is 0 Å². The van der Waals surface area contributed by atoms with Crippen LogP contribution in [0.25, 0.3) is 0 Å². The van der Waals surface area contributed by atoms with Gasteiger partial charge in [-0.25, -0.2) is 4.68 Å². The number of rotatable bonds is 4. The number of anilines is 1. The zero-order chi connectivity index (χ0) is 18.0. The Hall–Kier alpha value is -2.16. The Morgan fingerprint density at radius 1 is 1.36 bits per heavy atom. The van der Waals surface area contributed by atoms with Gasteiger partial charge in [-0.2, -0.15) is 5.10 Å². The van der Waals surface area contributed by atoms with Gasteiger partial charge in [0.25, 0.3) is 0 Å². The Morgan fingerprint density at radius 3 is 2.72 bits per heavy atom. The number of amides is 1. The number of aromatic nitrogens is 2. The number of carbonyl (C=O) groups is 1. The maximum Gasteiger partial charge on any atom is 0.334 e. The zero-order valence-electron chi connectivity index (χ0n) is 14.8. The minimum Gasteiger partial charge on any atom is -0.378 e. The van der Waals surface area contributed by atoms with Gasteiger partial charge in [0.15, 0.2) is 0 Å². The van der Waals surface area contributed by atoms with E-state index < -0.39 is 0 Å². The van der Waals surface area contributed by atoms with Gasteiger partial charge in [0, 0.05) is 33.2 Å². The van der Waals surface area contributed by atoms with Crippen LogP contribution in [0, 0.1) is 16.0 Å². The normalized spacial score (nSPS) is 21.4. The van der Waals surface area contributed by atoms with Crippen LogP contribution < -0.4 is 4.90 Å². The highest BCUT2D eigenvalue weighted by atomic mass is 16.6. The monoisotopic (exact) mass is 351 g/mol. The molecule has 138 valence electrons. The number of hydrogen-bond donors (Lipinski definition) is 0. The molecular weight excluding hydrogens is 326 g/mol. The Labute approximate surface area is 146 Å². The third kappa shape index (κ3) is 3.46. The SMILES string of the molecule is CCc1nn(C)c(N2CCCC(C(=O)N3CCOCC3)C2)c1[N+](=O)[O-]. The first-order valence-electron chi connectivity index (χ1n) is 8.84. The number of nitrogens with zero attached hydrogens (tertiary/aromatic N) is 5. The minimum atomic E-state index is -0.353. The maximum atomic E-state index is 12.8. The van der Waals surface area contributed by atoms with E-state index in [-0.39, 0.29) is 22.4 Å². The molecule has 0 radical (unpaired) electrons. The maximum absolute atomic E-state index is 12.8. The first kappa shape index (κ1) is 17.7. The fourth-order valence-electron chi connectivity index (χ4n) is 3.75. The molecule has 0 aromatic carbocycles. The second kappa shape index (κ2) is 7.38. The molecule has 0 N–H and O–H groups in total. The van der Waals surface area contributed by atoms with Gasteiger partial charge in [-0.3, -0.25) is 14.9 Å². The number of aryl methyl sites for hydroxylation is 2. The molecule has 25 heavy (non-hydrogen) atoms. The van der Waals surface area contributed by atoms with Crippen molar-refractivity contribution in [1.29, 1.82) is 0 Å². The van der Waals surface area contributed by atoms with Crippen LogP contribution in [0.1, 0.15) is 25.5 Å². The molecule has 2 aliphatic heterocycles. The lowest BCUT2D eigenvalue weighted by Crippen LogP contribution is -2.48. The highest BCUT2D eigenvalue weighted by Gasteiger charge is 2.35. The summed E-state index contributed by atoms with van der Waals surface area (Å²) >= 11 is 0. The molecule has 1 atom stereocenters. The largest absolute Gasteiger partial charge is 0.378 e. The summed E-state index contributed by atoms with van der Waals surface area (Å²) in [6.07, 6.45) is 2.16. The summed E-state index contributed by atoms with van der Waals surface area (Å²) in [5.41, 5.74) is 0.564. The van der Waals surface area contributed by atoms with Crippen LogP contribution in [0.3, 0.4) is 0 Å². The molecule has 2 saturated heterocycles. The minimum absolute atomic E-state index is 0.0736. The van der Waals surface area contributed by atoms with Crippen molar-refractivity contribution in [2.24, 2.45) is 13.0 Å². The van der Waals surface area contributed by atoms with E-state index in [2.05, 4.69) is 5.10 Å². The topological polar surface area (TPSA) is 93.7 Å². The number of hydrogen-bond acceptors (Lipinski definition) is 6. The second-order valence-corrected chi connectivity index (χ2v) is 6.58. The van der Waals surface area contributed by atoms with Crippen LogP contribution >= 0.6 is 0 Å². The van der Waals surface area contributed by atoms with Crippen LogP contribution in [-0.4, -0.2) is 64.9 Å². The molecule has 1 amide bonds. The summed E-state index contributed by atoms with van der Waals surface area (Å²) in [6, 6.07) is 0. The summed E-state index contributed by atoms with van der Waals surface area (Å²) in [7, 11) is 1.73. The van der Waals surface area contributed by atoms with E-state index in [1.807, 2.05) is 16.7 Å². The first-order valence-corrected chi connectivity index (χ1v) is 8.84. The molecule has 0 bridgehead atoms. The smallest absolute Gasteiger partial charge is 0.334 e. The molecule has 9 nitrogen and oxygen atoms in total. The molecule has 1 unspecified atom stereocenters. The van der Waals surface area contributed by atoms with Crippen LogP contribution in [0.4, 0.5) is 11.5 Å². The summed E-state index contributed by atoms with van der Waals surface area (Å²) in [5.74, 6) is 0.515. The molecule has 3 heterocycles. The van der Waals surface area contributed by atoms with Crippen molar-refractivity contribution < 1.29 is 14.5 Å². The van der Waals surface area contributed by atoms with Gasteiger partial charge < -0.3 is 14.5 Å². The molecule has 0 saturated carbocycles. The van der Waals surface area contributed by atoms with Crippen molar-refractivity contribution in [3.05, 3.63) is 15.8 Å². The number of morpholine rings is 1. The summed E-state index contributed by atoms with van der Waals surface area (Å²) in [6.45, 7) is 5.48. The molecule has 9 heteroatoms. The van der Waals surface area contributed by atoms with Crippen molar-refractivity contribution in [1.82, 2.24) is 14.7 Å². The van der Waals surface area contributed by atoms with E-state index in [9.17, 15) is 14.9 Å². The predicted octanol–water partition coefficient (Wildman–Crippen LogP) is 0.966. The molecule has 1 aromatic heterocycles. The van der Waals surface area contributed by atoms with Crippen molar-refractivity contribution >= 4 is 17.4 Å². The molecule has 0 aliphatic carbocycles. The lowest BCUT2D eigenvalue weighted by atomic mass is 9.96. The van der Waals surface area contributed by atoms with Gasteiger partial charge in [-0.05, 0) is 19.3 Å². The van der Waals surface area contributed by atoms with Gasteiger partial charge in [0.2, 0.25) is 11.7 Å². The first-order chi connectivity index (χ1) is 12.0. The quantitative estimate of drug-likeness (QED) is 0.593. The van der Waals surface area contributed by atoms with Crippen LogP contribution in [-0.2, 0) is 23.0 Å². The average Bonchev–Trinajstić information content (AvgIpc) is 2.98. The van der Waals surface area contributed by atoms with Crippen LogP contribution in [0.2, 0.25) is 0 Å². The standard InChI is InChI=1S/C16H25N5O4/c1-3-13-14(21(23)24)15(18(2)17-13)20-6-4-5-12(11-20)16(22)19-7-9-25-10-8-19/h12H,3-11H2,1-2H3. The van der Waals surface area contributed by atoms with E-state index in [0.717, 1.165) is 12.8 Å². The third-order valence-electron chi connectivity index (χ3n) is 4.97. The molecule has 2 fully saturated rings. The second-order valence-electron chi connectivity index (χ2n) is 6.58. The van der Waals surface area contributed by atoms with Gasteiger partial charge >= 0.3 is 5.69 Å². The Kier molecular flexibility index (Phi) is 5.22. The number of carbonyl (C=O) groups excluding carboxylic acids is 1. The molecule has 2 aliphatic rings. The summed E-state index contributed by atoms with van der Waals surface area (Å²) in [5, 5.41) is 15.9. The van der Waals surface area contributed by atoms with E-state index in [4.69, 9.17) is 4.74 Å². The van der Waals surface area contributed by atoms with E-state index in [0.29, 0.717) is 57.3 Å². The van der Waals surface area contributed by atoms with E-state index >= 15 is 0 Å². The highest BCUT2D eigenvalue weighted by Crippen LogP contribution is 2.34. The number of nitro groups is 1. The Bertz CT molecular complexity index is 653. The highest BCUT2D eigenvalue weighted by molar-refractivity contribution is 5.80. The van der Waals surface area contributed by atoms with Crippen molar-refractivity contribution in [2.75, 3.05) is 44.3 Å². The molecule has 3 rings (SSSR count). The molecule has 0 spiro atoms.